The fraction of sp³-hybridized carbons (Fsp3) is 0.615. The van der Waals surface area contributed by atoms with Crippen LogP contribution < -0.4 is 5.32 Å². The second kappa shape index (κ2) is 5.97. The van der Waals surface area contributed by atoms with Crippen molar-refractivity contribution in [3.63, 3.8) is 0 Å². The summed E-state index contributed by atoms with van der Waals surface area (Å²) >= 11 is 0. The third-order valence-electron chi connectivity index (χ3n) is 3.48. The fourth-order valence-electron chi connectivity index (χ4n) is 2.43. The maximum absolute atomic E-state index is 4.45. The van der Waals surface area contributed by atoms with E-state index >= 15 is 0 Å². The van der Waals surface area contributed by atoms with Gasteiger partial charge in [-0.15, -0.1) is 5.10 Å². The van der Waals surface area contributed by atoms with Crippen molar-refractivity contribution < 1.29 is 0 Å². The minimum absolute atomic E-state index is 0.324. The van der Waals surface area contributed by atoms with Gasteiger partial charge in [0.2, 0.25) is 0 Å². The first-order valence-corrected chi connectivity index (χ1v) is 6.67. The molecule has 0 amide bonds. The van der Waals surface area contributed by atoms with Gasteiger partial charge in [0.25, 0.3) is 0 Å². The average Bonchev–Trinajstić information content (AvgIpc) is 2.95. The van der Waals surface area contributed by atoms with Crippen molar-refractivity contribution in [2.45, 2.75) is 39.8 Å². The molecular formula is C13H22N6. The summed E-state index contributed by atoms with van der Waals surface area (Å²) in [6.45, 7) is 8.21. The SMILES string of the molecule is Cc1nn(C)c(C)c1C(C)NCCCn1ccnn1. The van der Waals surface area contributed by atoms with E-state index in [2.05, 4.69) is 41.5 Å². The van der Waals surface area contributed by atoms with Gasteiger partial charge in [-0.2, -0.15) is 5.10 Å². The Labute approximate surface area is 113 Å². The second-order valence-corrected chi connectivity index (χ2v) is 4.90. The Morgan fingerprint density at radius 1 is 1.37 bits per heavy atom. The van der Waals surface area contributed by atoms with Crippen LogP contribution >= 0.6 is 0 Å². The van der Waals surface area contributed by atoms with Gasteiger partial charge in [0.1, 0.15) is 0 Å². The summed E-state index contributed by atoms with van der Waals surface area (Å²) in [5.41, 5.74) is 3.65. The number of nitrogens with zero attached hydrogens (tertiary/aromatic N) is 5. The zero-order chi connectivity index (χ0) is 13.8. The van der Waals surface area contributed by atoms with Crippen molar-refractivity contribution in [2.75, 3.05) is 6.54 Å². The predicted molar refractivity (Wildman–Crippen MR) is 73.7 cm³/mol. The fourth-order valence-corrected chi connectivity index (χ4v) is 2.43. The average molecular weight is 262 g/mol. The second-order valence-electron chi connectivity index (χ2n) is 4.90. The van der Waals surface area contributed by atoms with Gasteiger partial charge in [-0.25, -0.2) is 0 Å². The first-order chi connectivity index (χ1) is 9.09. The molecule has 2 heterocycles. The first-order valence-electron chi connectivity index (χ1n) is 6.67. The summed E-state index contributed by atoms with van der Waals surface area (Å²) in [4.78, 5) is 0. The highest BCUT2D eigenvalue weighted by molar-refractivity contribution is 5.27. The van der Waals surface area contributed by atoms with Crippen LogP contribution in [0.4, 0.5) is 0 Å². The Morgan fingerprint density at radius 2 is 2.16 bits per heavy atom. The van der Waals surface area contributed by atoms with Crippen LogP contribution in [0.5, 0.6) is 0 Å². The normalized spacial score (nSPS) is 12.8. The molecule has 0 saturated carbocycles. The molecule has 0 spiro atoms. The van der Waals surface area contributed by atoms with Crippen molar-refractivity contribution in [3.05, 3.63) is 29.3 Å². The molecule has 2 aromatic heterocycles. The molecule has 1 N–H and O–H groups in total. The number of aryl methyl sites for hydroxylation is 3. The maximum Gasteiger partial charge on any atom is 0.0692 e. The standard InChI is InChI=1S/C13H22N6/c1-10(13-11(2)16-18(4)12(13)3)14-6-5-8-19-9-7-15-17-19/h7,9-10,14H,5-6,8H2,1-4H3. The highest BCUT2D eigenvalue weighted by Crippen LogP contribution is 2.20. The molecule has 19 heavy (non-hydrogen) atoms. The lowest BCUT2D eigenvalue weighted by atomic mass is 10.1. The molecule has 6 nitrogen and oxygen atoms in total. The molecule has 0 aromatic carbocycles. The first kappa shape index (κ1) is 13.7. The van der Waals surface area contributed by atoms with Crippen molar-refractivity contribution in [2.24, 2.45) is 7.05 Å². The number of hydrogen-bond donors (Lipinski definition) is 1. The van der Waals surface area contributed by atoms with E-state index in [-0.39, 0.29) is 0 Å². The van der Waals surface area contributed by atoms with Crippen LogP contribution in [0.2, 0.25) is 0 Å². The summed E-state index contributed by atoms with van der Waals surface area (Å²) in [5.74, 6) is 0. The quantitative estimate of drug-likeness (QED) is 0.799. The van der Waals surface area contributed by atoms with E-state index < -0.39 is 0 Å². The van der Waals surface area contributed by atoms with Crippen LogP contribution in [0.3, 0.4) is 0 Å². The molecular weight excluding hydrogens is 240 g/mol. The summed E-state index contributed by atoms with van der Waals surface area (Å²) in [7, 11) is 1.99. The van der Waals surface area contributed by atoms with Gasteiger partial charge < -0.3 is 5.32 Å². The number of hydrogen-bond acceptors (Lipinski definition) is 4. The maximum atomic E-state index is 4.45. The molecule has 1 unspecified atom stereocenters. The Morgan fingerprint density at radius 3 is 2.74 bits per heavy atom. The van der Waals surface area contributed by atoms with Gasteiger partial charge in [0, 0.05) is 37.1 Å². The van der Waals surface area contributed by atoms with Crippen molar-refractivity contribution >= 4 is 0 Å². The highest BCUT2D eigenvalue weighted by Gasteiger charge is 2.15. The Kier molecular flexibility index (Phi) is 4.31. The van der Waals surface area contributed by atoms with Gasteiger partial charge in [0.15, 0.2) is 0 Å². The predicted octanol–water partition coefficient (Wildman–Crippen LogP) is 1.37. The van der Waals surface area contributed by atoms with E-state index in [0.717, 1.165) is 25.2 Å². The van der Waals surface area contributed by atoms with Crippen LogP contribution in [0.1, 0.15) is 36.3 Å². The molecule has 0 radical (unpaired) electrons. The van der Waals surface area contributed by atoms with Crippen LogP contribution in [0, 0.1) is 13.8 Å². The third kappa shape index (κ3) is 3.20. The molecule has 0 aliphatic rings. The molecule has 6 heteroatoms. The molecule has 0 fully saturated rings. The van der Waals surface area contributed by atoms with E-state index in [4.69, 9.17) is 0 Å². The zero-order valence-electron chi connectivity index (χ0n) is 12.1. The lowest BCUT2D eigenvalue weighted by Crippen LogP contribution is -2.22. The number of rotatable bonds is 6. The zero-order valence-corrected chi connectivity index (χ0v) is 12.1. The largest absolute Gasteiger partial charge is 0.310 e. The smallest absolute Gasteiger partial charge is 0.0692 e. The van der Waals surface area contributed by atoms with Crippen molar-refractivity contribution in [3.8, 4) is 0 Å². The van der Waals surface area contributed by atoms with Crippen LogP contribution in [-0.4, -0.2) is 31.3 Å². The molecule has 2 aromatic rings. The Hall–Kier alpha value is -1.69. The van der Waals surface area contributed by atoms with Crippen molar-refractivity contribution in [1.82, 2.24) is 30.1 Å². The van der Waals surface area contributed by atoms with Crippen LogP contribution in [0.25, 0.3) is 0 Å². The van der Waals surface area contributed by atoms with Crippen LogP contribution in [-0.2, 0) is 13.6 Å². The minimum Gasteiger partial charge on any atom is -0.310 e. The molecule has 104 valence electrons. The molecule has 0 aliphatic heterocycles. The molecule has 0 bridgehead atoms. The van der Waals surface area contributed by atoms with E-state index in [1.807, 2.05) is 22.6 Å². The van der Waals surface area contributed by atoms with E-state index in [1.54, 1.807) is 6.20 Å². The summed E-state index contributed by atoms with van der Waals surface area (Å²) in [6, 6.07) is 0.324. The number of nitrogens with one attached hydrogen (secondary N) is 1. The Balaban J connectivity index is 1.82. The molecule has 0 aliphatic carbocycles. The van der Waals surface area contributed by atoms with Crippen molar-refractivity contribution in [1.29, 1.82) is 0 Å². The minimum atomic E-state index is 0.324. The topological polar surface area (TPSA) is 60.6 Å². The third-order valence-corrected chi connectivity index (χ3v) is 3.48. The van der Waals surface area contributed by atoms with E-state index in [0.29, 0.717) is 6.04 Å². The summed E-state index contributed by atoms with van der Waals surface area (Å²) < 4.78 is 3.80. The van der Waals surface area contributed by atoms with Crippen LogP contribution in [0.15, 0.2) is 12.4 Å². The lowest BCUT2D eigenvalue weighted by Gasteiger charge is -2.14. The van der Waals surface area contributed by atoms with E-state index in [9.17, 15) is 0 Å². The highest BCUT2D eigenvalue weighted by atomic mass is 15.4. The van der Waals surface area contributed by atoms with Gasteiger partial charge in [-0.1, -0.05) is 5.21 Å². The van der Waals surface area contributed by atoms with E-state index in [1.165, 1.54) is 11.3 Å². The Bertz CT molecular complexity index is 513. The molecule has 0 saturated heterocycles. The monoisotopic (exact) mass is 262 g/mol. The van der Waals surface area contributed by atoms with Gasteiger partial charge in [-0.3, -0.25) is 9.36 Å². The molecule has 1 atom stereocenters. The molecule has 2 rings (SSSR count). The number of aromatic nitrogens is 5. The lowest BCUT2D eigenvalue weighted by molar-refractivity contribution is 0.497. The summed E-state index contributed by atoms with van der Waals surface area (Å²) in [6.07, 6.45) is 4.63. The summed E-state index contributed by atoms with van der Waals surface area (Å²) in [5, 5.41) is 15.7. The van der Waals surface area contributed by atoms with Gasteiger partial charge in [0.05, 0.1) is 11.9 Å². The van der Waals surface area contributed by atoms with Gasteiger partial charge >= 0.3 is 0 Å². The van der Waals surface area contributed by atoms with Gasteiger partial charge in [-0.05, 0) is 33.7 Å².